The van der Waals surface area contributed by atoms with E-state index < -0.39 is 0 Å². The van der Waals surface area contributed by atoms with Crippen molar-refractivity contribution in [1.29, 1.82) is 5.26 Å². The van der Waals surface area contributed by atoms with Gasteiger partial charge in [0.25, 0.3) is 0 Å². The Labute approximate surface area is 165 Å². The van der Waals surface area contributed by atoms with Gasteiger partial charge in [-0.1, -0.05) is 36.8 Å². The van der Waals surface area contributed by atoms with E-state index in [1.165, 1.54) is 12.0 Å². The quantitative estimate of drug-likeness (QED) is 0.892. The second kappa shape index (κ2) is 7.89. The fraction of sp³-hybridized carbons (Fsp3) is 0.409. The van der Waals surface area contributed by atoms with Crippen LogP contribution in [0.1, 0.15) is 30.4 Å². The average molecular weight is 375 g/mol. The summed E-state index contributed by atoms with van der Waals surface area (Å²) in [6.45, 7) is 3.32. The first kappa shape index (κ1) is 18.3. The molecule has 6 heteroatoms. The van der Waals surface area contributed by atoms with Gasteiger partial charge in [0, 0.05) is 44.3 Å². The molecule has 1 saturated heterocycles. The van der Waals surface area contributed by atoms with Crippen molar-refractivity contribution >= 4 is 11.8 Å². The van der Waals surface area contributed by atoms with Gasteiger partial charge in [-0.15, -0.1) is 0 Å². The third-order valence-corrected chi connectivity index (χ3v) is 6.05. The summed E-state index contributed by atoms with van der Waals surface area (Å²) < 4.78 is 0. The molecular formula is C22H25N5O. The molecule has 1 N–H and O–H groups in total. The second-order valence-corrected chi connectivity index (χ2v) is 7.62. The molecule has 6 nitrogen and oxygen atoms in total. The minimum atomic E-state index is 0.00313. The molecule has 0 radical (unpaired) electrons. The summed E-state index contributed by atoms with van der Waals surface area (Å²) in [6.07, 6.45) is 5.18. The maximum Gasteiger partial charge on any atom is 0.317 e. The molecule has 2 amide bonds. The Morgan fingerprint density at radius 2 is 1.86 bits per heavy atom. The molecule has 2 aliphatic rings. The van der Waals surface area contributed by atoms with Crippen LogP contribution in [0.3, 0.4) is 0 Å². The van der Waals surface area contributed by atoms with E-state index in [1.54, 1.807) is 18.3 Å². The third kappa shape index (κ3) is 3.53. The molecule has 0 bridgehead atoms. The predicted molar refractivity (Wildman–Crippen MR) is 108 cm³/mol. The van der Waals surface area contributed by atoms with E-state index in [-0.39, 0.29) is 11.4 Å². The standard InChI is InChI=1S/C22H25N5O/c23-16-18-6-4-11-24-20(18)26-12-14-27(15-13-26)21(28)25-17-22(9-5-10-22)19-7-2-1-3-8-19/h1-4,6-8,11H,5,9-10,12-15,17H2,(H,25,28). The first-order chi connectivity index (χ1) is 13.7. The number of carbonyl (C=O) groups excluding carboxylic acids is 1. The molecule has 2 heterocycles. The van der Waals surface area contributed by atoms with Crippen LogP contribution in [0.5, 0.6) is 0 Å². The second-order valence-electron chi connectivity index (χ2n) is 7.62. The van der Waals surface area contributed by atoms with E-state index in [0.29, 0.717) is 44.1 Å². The number of piperazine rings is 1. The van der Waals surface area contributed by atoms with Crippen molar-refractivity contribution in [2.45, 2.75) is 24.7 Å². The molecule has 1 aromatic heterocycles. The Balaban J connectivity index is 1.33. The van der Waals surface area contributed by atoms with Gasteiger partial charge in [-0.3, -0.25) is 0 Å². The van der Waals surface area contributed by atoms with Crippen LogP contribution in [0.4, 0.5) is 10.6 Å². The molecule has 1 aliphatic carbocycles. The van der Waals surface area contributed by atoms with Crippen molar-refractivity contribution < 1.29 is 4.79 Å². The van der Waals surface area contributed by atoms with Gasteiger partial charge in [0.05, 0.1) is 5.56 Å². The number of nitriles is 1. The first-order valence-corrected chi connectivity index (χ1v) is 9.90. The van der Waals surface area contributed by atoms with Crippen molar-refractivity contribution in [3.63, 3.8) is 0 Å². The number of benzene rings is 1. The lowest BCUT2D eigenvalue weighted by molar-refractivity contribution is 0.180. The Morgan fingerprint density at radius 1 is 1.11 bits per heavy atom. The highest BCUT2D eigenvalue weighted by Crippen LogP contribution is 2.43. The molecule has 0 unspecified atom stereocenters. The Hall–Kier alpha value is -3.07. The molecule has 0 atom stereocenters. The highest BCUT2D eigenvalue weighted by atomic mass is 16.2. The molecule has 2 fully saturated rings. The molecule has 1 saturated carbocycles. The summed E-state index contributed by atoms with van der Waals surface area (Å²) in [7, 11) is 0. The van der Waals surface area contributed by atoms with E-state index in [1.807, 2.05) is 11.0 Å². The van der Waals surface area contributed by atoms with E-state index in [0.717, 1.165) is 12.8 Å². The van der Waals surface area contributed by atoms with Crippen LogP contribution in [0.25, 0.3) is 0 Å². The molecule has 1 aliphatic heterocycles. The van der Waals surface area contributed by atoms with Crippen LogP contribution in [0.15, 0.2) is 48.7 Å². The van der Waals surface area contributed by atoms with Crippen molar-refractivity contribution in [2.24, 2.45) is 0 Å². The van der Waals surface area contributed by atoms with Crippen LogP contribution in [0.2, 0.25) is 0 Å². The number of carbonyl (C=O) groups is 1. The monoisotopic (exact) mass is 375 g/mol. The lowest BCUT2D eigenvalue weighted by Crippen LogP contribution is -2.54. The Kier molecular flexibility index (Phi) is 5.16. The van der Waals surface area contributed by atoms with Crippen LogP contribution >= 0.6 is 0 Å². The van der Waals surface area contributed by atoms with Crippen molar-refractivity contribution in [3.05, 3.63) is 59.8 Å². The fourth-order valence-corrected chi connectivity index (χ4v) is 4.18. The molecule has 0 spiro atoms. The normalized spacial score (nSPS) is 18.1. The average Bonchev–Trinajstić information content (AvgIpc) is 2.73. The minimum Gasteiger partial charge on any atom is -0.352 e. The Bertz CT molecular complexity index is 864. The van der Waals surface area contributed by atoms with E-state index in [9.17, 15) is 10.1 Å². The predicted octanol–water partition coefficient (Wildman–Crippen LogP) is 2.91. The number of hydrogen-bond acceptors (Lipinski definition) is 4. The summed E-state index contributed by atoms with van der Waals surface area (Å²) in [5.41, 5.74) is 2.00. The summed E-state index contributed by atoms with van der Waals surface area (Å²) in [6, 6.07) is 16.3. The largest absolute Gasteiger partial charge is 0.352 e. The highest BCUT2D eigenvalue weighted by Gasteiger charge is 2.39. The van der Waals surface area contributed by atoms with E-state index >= 15 is 0 Å². The van der Waals surface area contributed by atoms with Crippen LogP contribution in [0, 0.1) is 11.3 Å². The van der Waals surface area contributed by atoms with Gasteiger partial charge in [0.1, 0.15) is 11.9 Å². The summed E-state index contributed by atoms with van der Waals surface area (Å²) in [4.78, 5) is 21.0. The molecule has 144 valence electrons. The summed E-state index contributed by atoms with van der Waals surface area (Å²) in [5, 5.41) is 12.4. The van der Waals surface area contributed by atoms with Gasteiger partial charge < -0.3 is 15.1 Å². The van der Waals surface area contributed by atoms with E-state index in [4.69, 9.17) is 0 Å². The van der Waals surface area contributed by atoms with Crippen molar-refractivity contribution in [1.82, 2.24) is 15.2 Å². The number of nitrogens with zero attached hydrogens (tertiary/aromatic N) is 4. The van der Waals surface area contributed by atoms with Crippen LogP contribution in [-0.4, -0.2) is 48.6 Å². The topological polar surface area (TPSA) is 72.3 Å². The van der Waals surface area contributed by atoms with Crippen molar-refractivity contribution in [3.8, 4) is 6.07 Å². The van der Waals surface area contributed by atoms with Gasteiger partial charge in [0.2, 0.25) is 0 Å². The van der Waals surface area contributed by atoms with Gasteiger partial charge in [-0.25, -0.2) is 9.78 Å². The molecule has 1 aromatic carbocycles. The number of urea groups is 1. The fourth-order valence-electron chi connectivity index (χ4n) is 4.18. The first-order valence-electron chi connectivity index (χ1n) is 9.90. The van der Waals surface area contributed by atoms with Gasteiger partial charge >= 0.3 is 6.03 Å². The summed E-state index contributed by atoms with van der Waals surface area (Å²) >= 11 is 0. The number of hydrogen-bond donors (Lipinski definition) is 1. The zero-order valence-corrected chi connectivity index (χ0v) is 16.0. The number of pyridine rings is 1. The van der Waals surface area contributed by atoms with Gasteiger partial charge in [0.15, 0.2) is 0 Å². The number of anilines is 1. The lowest BCUT2D eigenvalue weighted by atomic mass is 9.64. The molecule has 4 rings (SSSR count). The third-order valence-electron chi connectivity index (χ3n) is 6.05. The Morgan fingerprint density at radius 3 is 2.50 bits per heavy atom. The van der Waals surface area contributed by atoms with Gasteiger partial charge in [-0.05, 0) is 30.5 Å². The molecule has 2 aromatic rings. The van der Waals surface area contributed by atoms with E-state index in [2.05, 4.69) is 45.5 Å². The maximum absolute atomic E-state index is 12.7. The smallest absolute Gasteiger partial charge is 0.317 e. The number of amides is 2. The van der Waals surface area contributed by atoms with Crippen LogP contribution < -0.4 is 10.2 Å². The lowest BCUT2D eigenvalue weighted by Gasteiger charge is -2.43. The number of rotatable bonds is 4. The number of aromatic nitrogens is 1. The van der Waals surface area contributed by atoms with Gasteiger partial charge in [-0.2, -0.15) is 5.26 Å². The minimum absolute atomic E-state index is 0.00313. The maximum atomic E-state index is 12.7. The zero-order chi connectivity index (χ0) is 19.4. The SMILES string of the molecule is N#Cc1cccnc1N1CCN(C(=O)NCC2(c3ccccc3)CCC2)CC1. The van der Waals surface area contributed by atoms with Crippen LogP contribution in [-0.2, 0) is 5.41 Å². The zero-order valence-electron chi connectivity index (χ0n) is 16.0. The molecular weight excluding hydrogens is 350 g/mol. The number of nitrogens with one attached hydrogen (secondary N) is 1. The van der Waals surface area contributed by atoms with Crippen molar-refractivity contribution in [2.75, 3.05) is 37.6 Å². The summed E-state index contributed by atoms with van der Waals surface area (Å²) in [5.74, 6) is 0.711. The molecule has 28 heavy (non-hydrogen) atoms. The highest BCUT2D eigenvalue weighted by molar-refractivity contribution is 5.74.